The highest BCUT2D eigenvalue weighted by Gasteiger charge is 2.24. The number of likely N-dealkylation sites (N-methyl/N-ethyl adjacent to an activating group) is 1. The van der Waals surface area contributed by atoms with Crippen molar-refractivity contribution in [3.05, 3.63) is 23.3 Å². The molecule has 0 bridgehead atoms. The largest absolute Gasteiger partial charge is 0.398 e. The van der Waals surface area contributed by atoms with Crippen LogP contribution in [0.2, 0.25) is 0 Å². The van der Waals surface area contributed by atoms with E-state index >= 15 is 0 Å². The summed E-state index contributed by atoms with van der Waals surface area (Å²) >= 11 is 0. The molecule has 0 radical (unpaired) electrons. The third-order valence-electron chi connectivity index (χ3n) is 3.54. The molecule has 21 heavy (non-hydrogen) atoms. The molecule has 0 saturated carbocycles. The van der Waals surface area contributed by atoms with Crippen molar-refractivity contribution in [3.63, 3.8) is 0 Å². The summed E-state index contributed by atoms with van der Waals surface area (Å²) in [5.41, 5.74) is 7.87. The molecule has 1 atom stereocenters. The maximum absolute atomic E-state index is 12.3. The normalized spacial score (nSPS) is 13.0. The number of aryl methyl sites for hydroxylation is 1. The average Bonchev–Trinajstić information content (AvgIpc) is 2.41. The molecule has 1 amide bonds. The van der Waals surface area contributed by atoms with Crippen molar-refractivity contribution in [2.45, 2.75) is 38.6 Å². The Hall–Kier alpha value is -1.60. The molecule has 1 rings (SSSR count). The fourth-order valence-electron chi connectivity index (χ4n) is 1.85. The van der Waals surface area contributed by atoms with Crippen molar-refractivity contribution in [2.24, 2.45) is 0 Å². The Morgan fingerprint density at radius 1 is 1.38 bits per heavy atom. The molecule has 0 aromatic heterocycles. The smallest absolute Gasteiger partial charge is 0.241 e. The van der Waals surface area contributed by atoms with E-state index in [4.69, 9.17) is 5.73 Å². The second kappa shape index (κ2) is 6.44. The highest BCUT2D eigenvalue weighted by molar-refractivity contribution is 7.89. The van der Waals surface area contributed by atoms with Crippen LogP contribution >= 0.6 is 0 Å². The number of nitrogens with one attached hydrogen (secondary N) is 1. The van der Waals surface area contributed by atoms with Gasteiger partial charge < -0.3 is 10.6 Å². The zero-order valence-corrected chi connectivity index (χ0v) is 13.9. The van der Waals surface area contributed by atoms with Crippen molar-refractivity contribution < 1.29 is 13.2 Å². The first-order chi connectivity index (χ1) is 9.60. The SMILES string of the molecule is CCN(C)C(=O)C(C)NS(=O)(=O)c1cc(C)c(C)c(N)c1. The Morgan fingerprint density at radius 3 is 2.43 bits per heavy atom. The second-order valence-electron chi connectivity index (χ2n) is 5.15. The van der Waals surface area contributed by atoms with Gasteiger partial charge in [0.25, 0.3) is 0 Å². The standard InChI is InChI=1S/C14H23N3O3S/c1-6-17(5)14(18)11(4)16-21(19,20)12-7-9(2)10(3)13(15)8-12/h7-8,11,16H,6,15H2,1-5H3. The Balaban J connectivity index is 3.05. The fraction of sp³-hybridized carbons (Fsp3) is 0.500. The van der Waals surface area contributed by atoms with E-state index in [2.05, 4.69) is 4.72 Å². The van der Waals surface area contributed by atoms with Gasteiger partial charge in [-0.15, -0.1) is 0 Å². The molecule has 0 aliphatic rings. The van der Waals surface area contributed by atoms with E-state index < -0.39 is 16.1 Å². The van der Waals surface area contributed by atoms with Crippen molar-refractivity contribution in [3.8, 4) is 0 Å². The van der Waals surface area contributed by atoms with Gasteiger partial charge in [0, 0.05) is 19.3 Å². The quantitative estimate of drug-likeness (QED) is 0.794. The second-order valence-corrected chi connectivity index (χ2v) is 6.86. The first-order valence-electron chi connectivity index (χ1n) is 6.74. The third kappa shape index (κ3) is 3.95. The van der Waals surface area contributed by atoms with Crippen LogP contribution in [0, 0.1) is 13.8 Å². The van der Waals surface area contributed by atoms with Gasteiger partial charge in [0.2, 0.25) is 15.9 Å². The minimum atomic E-state index is -3.79. The number of carbonyl (C=O) groups excluding carboxylic acids is 1. The van der Waals surface area contributed by atoms with Crippen LogP contribution in [-0.2, 0) is 14.8 Å². The molecule has 1 aromatic carbocycles. The number of rotatable bonds is 5. The first kappa shape index (κ1) is 17.5. The van der Waals surface area contributed by atoms with Gasteiger partial charge in [0.05, 0.1) is 10.9 Å². The molecule has 0 heterocycles. The van der Waals surface area contributed by atoms with Crippen LogP contribution in [0.25, 0.3) is 0 Å². The number of hydrogen-bond donors (Lipinski definition) is 2. The van der Waals surface area contributed by atoms with E-state index in [0.717, 1.165) is 11.1 Å². The van der Waals surface area contributed by atoms with E-state index in [1.54, 1.807) is 20.0 Å². The number of sulfonamides is 1. The molecule has 1 aromatic rings. The summed E-state index contributed by atoms with van der Waals surface area (Å²) in [7, 11) is -2.16. The van der Waals surface area contributed by atoms with Crippen molar-refractivity contribution in [1.29, 1.82) is 0 Å². The maximum Gasteiger partial charge on any atom is 0.241 e. The molecule has 0 spiro atoms. The maximum atomic E-state index is 12.3. The van der Waals surface area contributed by atoms with E-state index in [1.807, 2.05) is 13.8 Å². The van der Waals surface area contributed by atoms with Crippen LogP contribution in [0.15, 0.2) is 17.0 Å². The fourth-order valence-corrected chi connectivity index (χ4v) is 3.16. The molecular weight excluding hydrogens is 290 g/mol. The molecule has 1 unspecified atom stereocenters. The van der Waals surface area contributed by atoms with Crippen LogP contribution in [0.3, 0.4) is 0 Å². The Bertz CT molecular complexity index is 618. The lowest BCUT2D eigenvalue weighted by molar-refractivity contribution is -0.131. The Morgan fingerprint density at radius 2 is 1.95 bits per heavy atom. The number of hydrogen-bond acceptors (Lipinski definition) is 4. The van der Waals surface area contributed by atoms with Gasteiger partial charge in [-0.3, -0.25) is 4.79 Å². The lowest BCUT2D eigenvalue weighted by Crippen LogP contribution is -2.45. The summed E-state index contributed by atoms with van der Waals surface area (Å²) in [5, 5.41) is 0. The van der Waals surface area contributed by atoms with E-state index in [0.29, 0.717) is 12.2 Å². The summed E-state index contributed by atoms with van der Waals surface area (Å²) in [6.45, 7) is 7.49. The zero-order chi connectivity index (χ0) is 16.4. The summed E-state index contributed by atoms with van der Waals surface area (Å²) in [6, 6.07) is 2.13. The van der Waals surface area contributed by atoms with Gasteiger partial charge in [-0.25, -0.2) is 8.42 Å². The van der Waals surface area contributed by atoms with E-state index in [9.17, 15) is 13.2 Å². The van der Waals surface area contributed by atoms with Gasteiger partial charge >= 0.3 is 0 Å². The number of benzene rings is 1. The van der Waals surface area contributed by atoms with Gasteiger partial charge in [-0.05, 0) is 51.0 Å². The number of nitrogen functional groups attached to an aromatic ring is 1. The summed E-state index contributed by atoms with van der Waals surface area (Å²) in [4.78, 5) is 13.5. The number of amides is 1. The lowest BCUT2D eigenvalue weighted by atomic mass is 10.1. The molecule has 7 heteroatoms. The zero-order valence-electron chi connectivity index (χ0n) is 13.1. The first-order valence-corrected chi connectivity index (χ1v) is 8.22. The summed E-state index contributed by atoms with van der Waals surface area (Å²) in [6.07, 6.45) is 0. The third-order valence-corrected chi connectivity index (χ3v) is 5.06. The molecule has 6 nitrogen and oxygen atoms in total. The summed E-state index contributed by atoms with van der Waals surface area (Å²) < 4.78 is 27.1. The molecular formula is C14H23N3O3S. The van der Waals surface area contributed by atoms with Crippen LogP contribution in [0.1, 0.15) is 25.0 Å². The van der Waals surface area contributed by atoms with Crippen molar-refractivity contribution in [2.75, 3.05) is 19.3 Å². The Labute approximate surface area is 126 Å². The predicted octanol–water partition coefficient (Wildman–Crippen LogP) is 1.03. The van der Waals surface area contributed by atoms with Crippen LogP contribution in [-0.4, -0.2) is 38.9 Å². The van der Waals surface area contributed by atoms with Gasteiger partial charge in [0.15, 0.2) is 0 Å². The van der Waals surface area contributed by atoms with Crippen LogP contribution in [0.5, 0.6) is 0 Å². The average molecular weight is 313 g/mol. The summed E-state index contributed by atoms with van der Waals surface area (Å²) in [5.74, 6) is -0.280. The molecule has 0 aliphatic heterocycles. The highest BCUT2D eigenvalue weighted by atomic mass is 32.2. The minimum Gasteiger partial charge on any atom is -0.398 e. The Kier molecular flexibility index (Phi) is 5.36. The minimum absolute atomic E-state index is 0.0712. The highest BCUT2D eigenvalue weighted by Crippen LogP contribution is 2.21. The molecule has 118 valence electrons. The molecule has 0 aliphatic carbocycles. The van der Waals surface area contributed by atoms with Crippen LogP contribution < -0.4 is 10.5 Å². The predicted molar refractivity (Wildman–Crippen MR) is 83.4 cm³/mol. The van der Waals surface area contributed by atoms with E-state index in [1.165, 1.54) is 17.9 Å². The number of nitrogens with two attached hydrogens (primary N) is 1. The van der Waals surface area contributed by atoms with Gasteiger partial charge in [0.1, 0.15) is 0 Å². The van der Waals surface area contributed by atoms with Crippen molar-refractivity contribution >= 4 is 21.6 Å². The number of carbonyl (C=O) groups is 1. The van der Waals surface area contributed by atoms with Gasteiger partial charge in [-0.2, -0.15) is 4.72 Å². The topological polar surface area (TPSA) is 92.5 Å². The van der Waals surface area contributed by atoms with Gasteiger partial charge in [-0.1, -0.05) is 0 Å². The molecule has 0 fully saturated rings. The van der Waals surface area contributed by atoms with E-state index in [-0.39, 0.29) is 10.8 Å². The number of anilines is 1. The monoisotopic (exact) mass is 313 g/mol. The molecule has 3 N–H and O–H groups in total. The lowest BCUT2D eigenvalue weighted by Gasteiger charge is -2.20. The number of nitrogens with zero attached hydrogens (tertiary/aromatic N) is 1. The van der Waals surface area contributed by atoms with Crippen molar-refractivity contribution in [1.82, 2.24) is 9.62 Å². The molecule has 0 saturated heterocycles. The van der Waals surface area contributed by atoms with Crippen LogP contribution in [0.4, 0.5) is 5.69 Å².